The topological polar surface area (TPSA) is 0 Å². The molecule has 2 rings (SSSR count). The zero-order valence-corrected chi connectivity index (χ0v) is 22.7. The first kappa shape index (κ1) is 21.2. The molecule has 0 heterocycles. The van der Waals surface area contributed by atoms with Crippen LogP contribution >= 0.6 is 0 Å². The van der Waals surface area contributed by atoms with E-state index in [2.05, 4.69) is 41.5 Å². The number of hydrogen-bond acceptors (Lipinski definition) is 0. The van der Waals surface area contributed by atoms with E-state index in [-0.39, 0.29) is 0 Å². The summed E-state index contributed by atoms with van der Waals surface area (Å²) < 4.78 is 3.54. The summed E-state index contributed by atoms with van der Waals surface area (Å²) in [6.07, 6.45) is 7.37. The van der Waals surface area contributed by atoms with Crippen LogP contribution in [0.1, 0.15) is 80.1 Å². The van der Waals surface area contributed by atoms with Crippen LogP contribution < -0.4 is 0 Å². The normalized spacial score (nSPS) is 24.9. The van der Waals surface area contributed by atoms with Crippen molar-refractivity contribution >= 4 is 20.5 Å². The Morgan fingerprint density at radius 1 is 0.560 bits per heavy atom. The van der Waals surface area contributed by atoms with Gasteiger partial charge in [-0.2, -0.15) is 0 Å². The molecule has 0 amide bonds. The zero-order chi connectivity index (χ0) is 18.7. The van der Waals surface area contributed by atoms with E-state index in [9.17, 15) is 0 Å². The van der Waals surface area contributed by atoms with Crippen molar-refractivity contribution in [1.29, 1.82) is 0 Å². The first-order chi connectivity index (χ1) is 12.0. The van der Waals surface area contributed by atoms with Crippen LogP contribution in [-0.2, 0) is 14.4 Å². The Kier molecular flexibility index (Phi) is 7.79. The zero-order valence-electron chi connectivity index (χ0n) is 17.7. The Balaban J connectivity index is 2.45. The summed E-state index contributed by atoms with van der Waals surface area (Å²) in [4.78, 5) is 0. The van der Waals surface area contributed by atoms with Gasteiger partial charge in [-0.1, -0.05) is 0 Å². The summed E-state index contributed by atoms with van der Waals surface area (Å²) in [6.45, 7) is 14.2. The molecule has 0 N–H and O–H groups in total. The van der Waals surface area contributed by atoms with Crippen LogP contribution in [0.25, 0.3) is 0 Å². The first-order valence-electron chi connectivity index (χ1n) is 10.5. The van der Waals surface area contributed by atoms with Crippen molar-refractivity contribution in [2.24, 2.45) is 0 Å². The molecule has 0 spiro atoms. The number of allylic oxidation sites excluding steroid dienone is 8. The fourth-order valence-corrected chi connectivity index (χ4v) is 9.94. The Bertz CT molecular complexity index is 593. The number of hydrogen-bond donors (Lipinski definition) is 0. The Hall–Kier alpha value is -0.113. The molecule has 2 atom stereocenters. The fourth-order valence-electron chi connectivity index (χ4n) is 4.97. The van der Waals surface area contributed by atoms with Crippen molar-refractivity contribution in [3.8, 4) is 0 Å². The first-order valence-corrected chi connectivity index (χ1v) is 13.8. The van der Waals surface area contributed by atoms with Gasteiger partial charge in [0.05, 0.1) is 0 Å². The Morgan fingerprint density at radius 3 is 1.12 bits per heavy atom. The average Bonchev–Trinajstić information content (AvgIpc) is 3.05. The molecule has 0 saturated heterocycles. The molecule has 0 aliphatic heterocycles. The second-order valence-corrected chi connectivity index (χ2v) is 10.9. The molecule has 144 valence electrons. The van der Waals surface area contributed by atoms with Crippen molar-refractivity contribution in [2.75, 3.05) is 0 Å². The Labute approximate surface area is 168 Å². The Morgan fingerprint density at radius 2 is 0.880 bits per heavy atom. The predicted octanol–water partition coefficient (Wildman–Crippen LogP) is 4.97. The molecule has 2 unspecified atom stereocenters. The minimum absolute atomic E-state index is 0.783. The van der Waals surface area contributed by atoms with E-state index in [1.54, 1.807) is 42.5 Å². The number of rotatable bonds is 8. The van der Waals surface area contributed by atoms with E-state index in [1.807, 2.05) is 14.4 Å². The van der Waals surface area contributed by atoms with Crippen molar-refractivity contribution in [1.82, 2.24) is 0 Å². The monoisotopic (exact) mass is 416 g/mol. The van der Waals surface area contributed by atoms with Crippen molar-refractivity contribution in [3.05, 3.63) is 42.5 Å². The summed E-state index contributed by atoms with van der Waals surface area (Å²) >= 11 is 1.99. The van der Waals surface area contributed by atoms with E-state index in [4.69, 9.17) is 0 Å². The van der Waals surface area contributed by atoms with Crippen LogP contribution in [0.4, 0.5) is 0 Å². The van der Waals surface area contributed by atoms with E-state index in [0.29, 0.717) is 0 Å². The van der Waals surface area contributed by atoms with Crippen LogP contribution in [0.15, 0.2) is 42.5 Å². The SMILES string of the molecule is CCC1=C(CC)C([SiH3])[C]([Ni][C]2=C(CC)C(CC)=C(CC)C2[SiH3])=C1CC. The molecule has 0 bridgehead atoms. The van der Waals surface area contributed by atoms with E-state index in [0.717, 1.165) is 11.1 Å². The molecule has 3 heteroatoms. The van der Waals surface area contributed by atoms with Gasteiger partial charge in [0.25, 0.3) is 0 Å². The molecule has 0 aromatic rings. The maximum absolute atomic E-state index is 2.37. The summed E-state index contributed by atoms with van der Waals surface area (Å²) in [5.74, 6) is 0. The molecular weight excluding hydrogens is 379 g/mol. The predicted molar refractivity (Wildman–Crippen MR) is 117 cm³/mol. The summed E-state index contributed by atoms with van der Waals surface area (Å²) in [5.41, 5.74) is 12.0. The van der Waals surface area contributed by atoms with Crippen LogP contribution in [0.2, 0.25) is 11.1 Å². The van der Waals surface area contributed by atoms with Crippen LogP contribution in [0.3, 0.4) is 0 Å². The average molecular weight is 417 g/mol. The molecule has 0 fully saturated rings. The maximum atomic E-state index is 2.37. The quantitative estimate of drug-likeness (QED) is 0.490. The van der Waals surface area contributed by atoms with Gasteiger partial charge in [-0.05, 0) is 0 Å². The molecule has 0 nitrogen and oxygen atoms in total. The van der Waals surface area contributed by atoms with Crippen LogP contribution in [0, 0.1) is 0 Å². The molecular formula is C22H38NiSi2. The molecule has 25 heavy (non-hydrogen) atoms. The van der Waals surface area contributed by atoms with Gasteiger partial charge in [0.2, 0.25) is 0 Å². The van der Waals surface area contributed by atoms with Crippen LogP contribution in [0.5, 0.6) is 0 Å². The molecule has 0 radical (unpaired) electrons. The van der Waals surface area contributed by atoms with E-state index in [1.165, 1.54) is 59.0 Å². The van der Waals surface area contributed by atoms with Gasteiger partial charge in [0.1, 0.15) is 0 Å². The molecule has 2 aliphatic rings. The van der Waals surface area contributed by atoms with E-state index >= 15 is 0 Å². The van der Waals surface area contributed by atoms with Gasteiger partial charge < -0.3 is 0 Å². The summed E-state index contributed by atoms with van der Waals surface area (Å²) in [7, 11) is 2.54. The van der Waals surface area contributed by atoms with Gasteiger partial charge in [-0.3, -0.25) is 0 Å². The second kappa shape index (κ2) is 9.20. The standard InChI is InChI=1S/2C11H19Si.Ni/c2*1-4-8-7-11(12)10(6-3)9(8)5-2;/h2*11H,4-6H2,1-3,12H3;. The van der Waals surface area contributed by atoms with Gasteiger partial charge in [-0.15, -0.1) is 0 Å². The molecule has 0 aromatic carbocycles. The van der Waals surface area contributed by atoms with Crippen LogP contribution in [-0.4, -0.2) is 20.5 Å². The van der Waals surface area contributed by atoms with Crippen molar-refractivity contribution in [2.45, 2.75) is 91.1 Å². The molecule has 0 aromatic heterocycles. The van der Waals surface area contributed by atoms with Gasteiger partial charge in [-0.25, -0.2) is 0 Å². The minimum atomic E-state index is 0.783. The molecule has 0 saturated carbocycles. The van der Waals surface area contributed by atoms with E-state index < -0.39 is 0 Å². The van der Waals surface area contributed by atoms with Gasteiger partial charge in [0.15, 0.2) is 0 Å². The van der Waals surface area contributed by atoms with Gasteiger partial charge in [0, 0.05) is 0 Å². The summed E-state index contributed by atoms with van der Waals surface area (Å²) in [6, 6.07) is 0. The summed E-state index contributed by atoms with van der Waals surface area (Å²) in [5, 5.41) is 0. The molecule has 2 aliphatic carbocycles. The third-order valence-electron chi connectivity index (χ3n) is 6.14. The third kappa shape index (κ3) is 3.66. The van der Waals surface area contributed by atoms with Gasteiger partial charge >= 0.3 is 169 Å². The third-order valence-corrected chi connectivity index (χ3v) is 11.6. The van der Waals surface area contributed by atoms with Crippen molar-refractivity contribution < 1.29 is 14.4 Å². The fraction of sp³-hybridized carbons (Fsp3) is 0.636. The second-order valence-electron chi connectivity index (χ2n) is 7.24. The van der Waals surface area contributed by atoms with Crippen molar-refractivity contribution in [3.63, 3.8) is 0 Å².